The summed E-state index contributed by atoms with van der Waals surface area (Å²) in [7, 11) is 0. The zero-order valence-electron chi connectivity index (χ0n) is 14.7. The summed E-state index contributed by atoms with van der Waals surface area (Å²) in [4.78, 5) is 40.6. The number of amides is 3. The van der Waals surface area contributed by atoms with Gasteiger partial charge < -0.3 is 10.2 Å². The first-order valence-corrected chi connectivity index (χ1v) is 9.28. The smallest absolute Gasteiger partial charge is 0.244 e. The molecule has 2 heterocycles. The molecule has 2 unspecified atom stereocenters. The van der Waals surface area contributed by atoms with Crippen molar-refractivity contribution in [2.24, 2.45) is 11.8 Å². The zero-order chi connectivity index (χ0) is 18.1. The van der Waals surface area contributed by atoms with Crippen LogP contribution in [0.3, 0.4) is 0 Å². The highest BCUT2D eigenvalue weighted by molar-refractivity contribution is 6.08. The Balaban J connectivity index is 1.36. The van der Waals surface area contributed by atoms with Gasteiger partial charge in [-0.1, -0.05) is 12.2 Å². The fraction of sp³-hybridized carbons (Fsp3) is 0.450. The standard InChI is InChI=1S/C20H23N3O3/c24-18(13-23-19(25)16-5-1-2-6-17(16)20(23)26)21-14-7-9-15(10-8-14)22-11-3-4-12-22/h1-2,7-10,16-17H,3-6,11-13H2,(H,21,24). The molecule has 0 radical (unpaired) electrons. The number of fused-ring (bicyclic) bond motifs is 1. The van der Waals surface area contributed by atoms with Crippen LogP contribution in [0.5, 0.6) is 0 Å². The molecule has 0 bridgehead atoms. The lowest BCUT2D eigenvalue weighted by Gasteiger charge is -2.18. The minimum absolute atomic E-state index is 0.210. The summed E-state index contributed by atoms with van der Waals surface area (Å²) >= 11 is 0. The predicted octanol–water partition coefficient (Wildman–Crippen LogP) is 2.18. The van der Waals surface area contributed by atoms with Crippen molar-refractivity contribution in [3.63, 3.8) is 0 Å². The van der Waals surface area contributed by atoms with Gasteiger partial charge in [-0.25, -0.2) is 0 Å². The lowest BCUT2D eigenvalue weighted by atomic mass is 9.85. The molecule has 136 valence electrons. The van der Waals surface area contributed by atoms with Gasteiger partial charge in [0.15, 0.2) is 0 Å². The molecule has 2 saturated heterocycles. The number of hydrogen-bond donors (Lipinski definition) is 1. The van der Waals surface area contributed by atoms with E-state index in [2.05, 4.69) is 10.2 Å². The number of carbonyl (C=O) groups is 3. The number of hydrogen-bond acceptors (Lipinski definition) is 4. The molecule has 0 spiro atoms. The third kappa shape index (κ3) is 3.11. The van der Waals surface area contributed by atoms with Gasteiger partial charge in [-0.15, -0.1) is 0 Å². The number of allylic oxidation sites excluding steroid dienone is 2. The second-order valence-electron chi connectivity index (χ2n) is 7.21. The molecule has 1 aromatic carbocycles. The number of nitrogens with one attached hydrogen (secondary N) is 1. The van der Waals surface area contributed by atoms with Crippen LogP contribution >= 0.6 is 0 Å². The Bertz CT molecular complexity index is 724. The highest BCUT2D eigenvalue weighted by Crippen LogP contribution is 2.34. The monoisotopic (exact) mass is 353 g/mol. The average molecular weight is 353 g/mol. The second kappa shape index (κ2) is 6.94. The molecule has 3 aliphatic rings. The van der Waals surface area contributed by atoms with Gasteiger partial charge in [-0.2, -0.15) is 0 Å². The summed E-state index contributed by atoms with van der Waals surface area (Å²) < 4.78 is 0. The molecule has 3 amide bonds. The first-order valence-electron chi connectivity index (χ1n) is 9.28. The van der Waals surface area contributed by atoms with Gasteiger partial charge in [0.2, 0.25) is 17.7 Å². The van der Waals surface area contributed by atoms with E-state index in [0.717, 1.165) is 23.7 Å². The molecule has 2 fully saturated rings. The Morgan fingerprint density at radius 1 is 0.962 bits per heavy atom. The Morgan fingerprint density at radius 2 is 1.54 bits per heavy atom. The summed E-state index contributed by atoms with van der Waals surface area (Å²) in [6.45, 7) is 1.93. The van der Waals surface area contributed by atoms with E-state index in [9.17, 15) is 14.4 Å². The van der Waals surface area contributed by atoms with Crippen LogP contribution in [0.2, 0.25) is 0 Å². The number of benzene rings is 1. The van der Waals surface area contributed by atoms with E-state index in [0.29, 0.717) is 18.5 Å². The summed E-state index contributed by atoms with van der Waals surface area (Å²) in [5.41, 5.74) is 1.83. The third-order valence-corrected chi connectivity index (χ3v) is 5.52. The van der Waals surface area contributed by atoms with Gasteiger partial charge in [0.25, 0.3) is 0 Å². The van der Waals surface area contributed by atoms with E-state index in [1.165, 1.54) is 12.8 Å². The summed E-state index contributed by atoms with van der Waals surface area (Å²) in [6.07, 6.45) is 7.49. The van der Waals surface area contributed by atoms with Crippen LogP contribution in [0, 0.1) is 11.8 Å². The number of nitrogens with zero attached hydrogens (tertiary/aromatic N) is 2. The maximum Gasteiger partial charge on any atom is 0.244 e. The lowest BCUT2D eigenvalue weighted by molar-refractivity contribution is -0.142. The number of imide groups is 1. The maximum absolute atomic E-state index is 12.4. The van der Waals surface area contributed by atoms with Crippen LogP contribution in [0.4, 0.5) is 11.4 Å². The Morgan fingerprint density at radius 3 is 2.12 bits per heavy atom. The molecule has 6 nitrogen and oxygen atoms in total. The molecule has 26 heavy (non-hydrogen) atoms. The summed E-state index contributed by atoms with van der Waals surface area (Å²) in [5, 5.41) is 2.79. The highest BCUT2D eigenvalue weighted by Gasteiger charge is 2.47. The number of rotatable bonds is 4. The molecule has 6 heteroatoms. The molecule has 0 saturated carbocycles. The number of carbonyl (C=O) groups excluding carboxylic acids is 3. The average Bonchev–Trinajstić information content (AvgIpc) is 3.27. The van der Waals surface area contributed by atoms with Crippen molar-refractivity contribution in [1.82, 2.24) is 4.90 Å². The van der Waals surface area contributed by atoms with Crippen molar-refractivity contribution in [3.8, 4) is 0 Å². The van der Waals surface area contributed by atoms with E-state index in [1.807, 2.05) is 36.4 Å². The normalized spacial score (nSPS) is 24.9. The number of likely N-dealkylation sites (tertiary alicyclic amines) is 1. The van der Waals surface area contributed by atoms with Gasteiger partial charge in [0.05, 0.1) is 11.8 Å². The van der Waals surface area contributed by atoms with Gasteiger partial charge >= 0.3 is 0 Å². The molecule has 2 aliphatic heterocycles. The van der Waals surface area contributed by atoms with Crippen LogP contribution in [0.15, 0.2) is 36.4 Å². The molecule has 1 N–H and O–H groups in total. The van der Waals surface area contributed by atoms with E-state index in [-0.39, 0.29) is 36.1 Å². The fourth-order valence-corrected chi connectivity index (χ4v) is 4.10. The molecule has 2 atom stereocenters. The first kappa shape index (κ1) is 16.8. The molecule has 4 rings (SSSR count). The minimum Gasteiger partial charge on any atom is -0.372 e. The van der Waals surface area contributed by atoms with Crippen molar-refractivity contribution in [1.29, 1.82) is 0 Å². The Kier molecular flexibility index (Phi) is 4.49. The van der Waals surface area contributed by atoms with Crippen molar-refractivity contribution < 1.29 is 14.4 Å². The summed E-state index contributed by atoms with van der Waals surface area (Å²) in [6, 6.07) is 7.71. The maximum atomic E-state index is 12.4. The van der Waals surface area contributed by atoms with Gasteiger partial charge in [-0.05, 0) is 49.9 Å². The van der Waals surface area contributed by atoms with Crippen molar-refractivity contribution in [2.45, 2.75) is 25.7 Å². The van der Waals surface area contributed by atoms with Crippen molar-refractivity contribution in [3.05, 3.63) is 36.4 Å². The van der Waals surface area contributed by atoms with Crippen molar-refractivity contribution in [2.75, 3.05) is 29.9 Å². The lowest BCUT2D eigenvalue weighted by Crippen LogP contribution is -2.38. The van der Waals surface area contributed by atoms with Crippen molar-refractivity contribution >= 4 is 29.1 Å². The summed E-state index contributed by atoms with van der Waals surface area (Å²) in [5.74, 6) is -1.36. The van der Waals surface area contributed by atoms with Gasteiger partial charge in [-0.3, -0.25) is 19.3 Å². The third-order valence-electron chi connectivity index (χ3n) is 5.52. The predicted molar refractivity (Wildman–Crippen MR) is 98.6 cm³/mol. The molecule has 0 aromatic heterocycles. The van der Waals surface area contributed by atoms with E-state index in [4.69, 9.17) is 0 Å². The quantitative estimate of drug-likeness (QED) is 0.665. The van der Waals surface area contributed by atoms with Gasteiger partial charge in [0.1, 0.15) is 6.54 Å². The van der Waals surface area contributed by atoms with Crippen LogP contribution in [-0.2, 0) is 14.4 Å². The minimum atomic E-state index is -0.341. The van der Waals surface area contributed by atoms with Crippen LogP contribution in [0.25, 0.3) is 0 Å². The van der Waals surface area contributed by atoms with Crippen LogP contribution < -0.4 is 10.2 Å². The van der Waals surface area contributed by atoms with E-state index < -0.39 is 0 Å². The molecular weight excluding hydrogens is 330 g/mol. The highest BCUT2D eigenvalue weighted by atomic mass is 16.2. The van der Waals surface area contributed by atoms with Crippen LogP contribution in [0.1, 0.15) is 25.7 Å². The largest absolute Gasteiger partial charge is 0.372 e. The van der Waals surface area contributed by atoms with E-state index in [1.54, 1.807) is 0 Å². The Labute approximate surface area is 152 Å². The molecular formula is C20H23N3O3. The fourth-order valence-electron chi connectivity index (χ4n) is 4.10. The first-order chi connectivity index (χ1) is 12.6. The topological polar surface area (TPSA) is 69.7 Å². The van der Waals surface area contributed by atoms with Gasteiger partial charge in [0, 0.05) is 24.5 Å². The second-order valence-corrected chi connectivity index (χ2v) is 7.21. The molecule has 1 aliphatic carbocycles. The molecule has 1 aromatic rings. The van der Waals surface area contributed by atoms with Crippen LogP contribution in [-0.4, -0.2) is 42.3 Å². The van der Waals surface area contributed by atoms with E-state index >= 15 is 0 Å². The SMILES string of the molecule is O=C(CN1C(=O)C2CC=CCC2C1=O)Nc1ccc(N2CCCC2)cc1. The number of anilines is 2. The Hall–Kier alpha value is -2.63. The zero-order valence-corrected chi connectivity index (χ0v) is 14.7.